The van der Waals surface area contributed by atoms with Crippen LogP contribution in [0.4, 0.5) is 13.2 Å². The van der Waals surface area contributed by atoms with E-state index in [1.165, 1.54) is 7.11 Å². The van der Waals surface area contributed by atoms with Gasteiger partial charge in [-0.25, -0.2) is 9.97 Å². The normalized spacial score (nSPS) is 18.8. The van der Waals surface area contributed by atoms with Gasteiger partial charge in [-0.1, -0.05) is 0 Å². The summed E-state index contributed by atoms with van der Waals surface area (Å²) in [7, 11) is 1.38. The molecule has 1 aliphatic carbocycles. The molecule has 0 spiro atoms. The summed E-state index contributed by atoms with van der Waals surface area (Å²) in [4.78, 5) is 12.0. The minimum Gasteiger partial charge on any atom is -0.479 e. The second-order valence-corrected chi connectivity index (χ2v) is 5.66. The van der Waals surface area contributed by atoms with Crippen LogP contribution in [0.25, 0.3) is 11.2 Å². The van der Waals surface area contributed by atoms with Crippen LogP contribution < -0.4 is 4.74 Å². The first-order valence-electron chi connectivity index (χ1n) is 6.30. The molecule has 2 heterocycles. The number of methoxy groups -OCH3 is 1. The van der Waals surface area contributed by atoms with Gasteiger partial charge in [0.15, 0.2) is 11.2 Å². The van der Waals surface area contributed by atoms with Gasteiger partial charge in [0.2, 0.25) is 5.88 Å². The fourth-order valence-electron chi connectivity index (χ4n) is 2.48. The molecule has 1 aliphatic rings. The summed E-state index contributed by atoms with van der Waals surface area (Å²) in [5, 5.41) is -0.691. The molecule has 0 saturated heterocycles. The standard InChI is InChI=1S/C12H12ClF3N4O/c1-6(13)8-19-7-9(17-5-18-10(7)21-2)20(8)11(3-4-11)12(14,15)16/h5-6H,3-4H2,1-2H3. The smallest absolute Gasteiger partial charge is 0.412 e. The molecule has 1 atom stereocenters. The van der Waals surface area contributed by atoms with Crippen molar-refractivity contribution in [3.05, 3.63) is 12.2 Å². The monoisotopic (exact) mass is 320 g/mol. The maximum Gasteiger partial charge on any atom is 0.412 e. The molecule has 0 aromatic carbocycles. The fraction of sp³-hybridized carbons (Fsp3) is 0.583. The van der Waals surface area contributed by atoms with Gasteiger partial charge in [0.1, 0.15) is 17.7 Å². The van der Waals surface area contributed by atoms with Crippen molar-refractivity contribution in [2.24, 2.45) is 0 Å². The van der Waals surface area contributed by atoms with E-state index in [9.17, 15) is 13.2 Å². The maximum absolute atomic E-state index is 13.4. The summed E-state index contributed by atoms with van der Waals surface area (Å²) in [6.07, 6.45) is -3.25. The molecule has 21 heavy (non-hydrogen) atoms. The Hall–Kier alpha value is -1.57. The topological polar surface area (TPSA) is 52.8 Å². The van der Waals surface area contributed by atoms with E-state index in [1.54, 1.807) is 6.92 Å². The Balaban J connectivity index is 2.33. The van der Waals surface area contributed by atoms with Crippen LogP contribution in [0.3, 0.4) is 0 Å². The van der Waals surface area contributed by atoms with E-state index < -0.39 is 17.1 Å². The van der Waals surface area contributed by atoms with E-state index in [0.717, 1.165) is 10.9 Å². The van der Waals surface area contributed by atoms with Crippen molar-refractivity contribution in [3.8, 4) is 5.88 Å². The van der Waals surface area contributed by atoms with Crippen LogP contribution in [-0.2, 0) is 5.54 Å². The zero-order chi connectivity index (χ0) is 15.4. The number of halogens is 4. The minimum absolute atomic E-state index is 0.00904. The van der Waals surface area contributed by atoms with E-state index in [0.29, 0.717) is 0 Å². The quantitative estimate of drug-likeness (QED) is 0.815. The molecule has 0 aliphatic heterocycles. The highest BCUT2D eigenvalue weighted by Gasteiger charge is 2.66. The molecule has 5 nitrogen and oxygen atoms in total. The molecule has 1 saturated carbocycles. The summed E-state index contributed by atoms with van der Waals surface area (Å²) in [5.74, 6) is 0.260. The van der Waals surface area contributed by atoms with Crippen LogP contribution in [0.1, 0.15) is 31.0 Å². The number of rotatable bonds is 3. The Morgan fingerprint density at radius 2 is 2.05 bits per heavy atom. The highest BCUT2D eigenvalue weighted by Crippen LogP contribution is 2.57. The molecule has 114 valence electrons. The number of imidazole rings is 1. The Morgan fingerprint density at radius 3 is 2.52 bits per heavy atom. The van der Waals surface area contributed by atoms with Gasteiger partial charge in [-0.2, -0.15) is 18.2 Å². The van der Waals surface area contributed by atoms with E-state index in [-0.39, 0.29) is 35.7 Å². The minimum atomic E-state index is -4.39. The summed E-state index contributed by atoms with van der Waals surface area (Å²) in [5.41, 5.74) is -1.68. The van der Waals surface area contributed by atoms with Gasteiger partial charge in [0.25, 0.3) is 0 Å². The van der Waals surface area contributed by atoms with E-state index in [4.69, 9.17) is 16.3 Å². The van der Waals surface area contributed by atoms with Gasteiger partial charge in [-0.3, -0.25) is 4.57 Å². The van der Waals surface area contributed by atoms with Crippen LogP contribution in [0.2, 0.25) is 0 Å². The molecular weight excluding hydrogens is 309 g/mol. The molecule has 9 heteroatoms. The number of fused-ring (bicyclic) bond motifs is 1. The van der Waals surface area contributed by atoms with Crippen molar-refractivity contribution in [2.45, 2.75) is 36.9 Å². The zero-order valence-electron chi connectivity index (χ0n) is 11.3. The Morgan fingerprint density at radius 1 is 1.38 bits per heavy atom. The van der Waals surface area contributed by atoms with Crippen LogP contribution in [0.5, 0.6) is 5.88 Å². The van der Waals surface area contributed by atoms with Crippen molar-refractivity contribution in [1.82, 2.24) is 19.5 Å². The van der Waals surface area contributed by atoms with Gasteiger partial charge >= 0.3 is 6.18 Å². The number of hydrogen-bond acceptors (Lipinski definition) is 4. The third-order valence-electron chi connectivity index (χ3n) is 3.67. The molecule has 3 rings (SSSR count). The highest BCUT2D eigenvalue weighted by molar-refractivity contribution is 6.20. The van der Waals surface area contributed by atoms with E-state index in [1.807, 2.05) is 0 Å². The van der Waals surface area contributed by atoms with Gasteiger partial charge in [0, 0.05) is 0 Å². The van der Waals surface area contributed by atoms with Crippen LogP contribution in [-0.4, -0.2) is 32.8 Å². The van der Waals surface area contributed by atoms with Crippen molar-refractivity contribution in [2.75, 3.05) is 7.11 Å². The van der Waals surface area contributed by atoms with Crippen LogP contribution in [0.15, 0.2) is 6.33 Å². The molecule has 2 aromatic heterocycles. The number of ether oxygens (including phenoxy) is 1. The maximum atomic E-state index is 13.4. The fourth-order valence-corrected chi connectivity index (χ4v) is 2.63. The third kappa shape index (κ3) is 1.96. The zero-order valence-corrected chi connectivity index (χ0v) is 12.0. The van der Waals surface area contributed by atoms with Crippen molar-refractivity contribution < 1.29 is 17.9 Å². The summed E-state index contributed by atoms with van der Waals surface area (Å²) < 4.78 is 46.5. The van der Waals surface area contributed by atoms with Crippen LogP contribution in [0, 0.1) is 0 Å². The number of aromatic nitrogens is 4. The number of hydrogen-bond donors (Lipinski definition) is 0. The molecule has 0 bridgehead atoms. The third-order valence-corrected chi connectivity index (χ3v) is 3.86. The molecule has 0 radical (unpaired) electrons. The second kappa shape index (κ2) is 4.46. The van der Waals surface area contributed by atoms with E-state index >= 15 is 0 Å². The lowest BCUT2D eigenvalue weighted by molar-refractivity contribution is -0.179. The highest BCUT2D eigenvalue weighted by atomic mass is 35.5. The number of alkyl halides is 4. The number of nitrogens with zero attached hydrogens (tertiary/aromatic N) is 4. The van der Waals surface area contributed by atoms with Crippen molar-refractivity contribution >= 4 is 22.8 Å². The SMILES string of the molecule is COc1ncnc2c1nc(C(C)Cl)n2C1(C(F)(F)F)CC1. The molecule has 0 amide bonds. The predicted molar refractivity (Wildman–Crippen MR) is 69.4 cm³/mol. The largest absolute Gasteiger partial charge is 0.479 e. The lowest BCUT2D eigenvalue weighted by Gasteiger charge is -2.23. The first-order chi connectivity index (χ1) is 9.82. The Kier molecular flexibility index (Phi) is 3.05. The average Bonchev–Trinajstić information content (AvgIpc) is 3.12. The molecule has 1 fully saturated rings. The predicted octanol–water partition coefficient (Wildman–Crippen LogP) is 3.19. The van der Waals surface area contributed by atoms with E-state index in [2.05, 4.69) is 15.0 Å². The van der Waals surface area contributed by atoms with Gasteiger partial charge in [-0.15, -0.1) is 11.6 Å². The Labute approximate surface area is 123 Å². The van der Waals surface area contributed by atoms with Gasteiger partial charge < -0.3 is 4.74 Å². The summed E-state index contributed by atoms with van der Waals surface area (Å²) >= 11 is 6.02. The van der Waals surface area contributed by atoms with Crippen molar-refractivity contribution in [1.29, 1.82) is 0 Å². The molecular formula is C12H12ClF3N4O. The lowest BCUT2D eigenvalue weighted by Crippen LogP contribution is -2.36. The first kappa shape index (κ1) is 14.4. The molecule has 1 unspecified atom stereocenters. The Bertz CT molecular complexity index is 694. The second-order valence-electron chi connectivity index (χ2n) is 5.01. The first-order valence-corrected chi connectivity index (χ1v) is 6.74. The summed E-state index contributed by atoms with van der Waals surface area (Å²) in [6, 6.07) is 0. The molecule has 2 aromatic rings. The van der Waals surface area contributed by atoms with Gasteiger partial charge in [-0.05, 0) is 19.8 Å². The van der Waals surface area contributed by atoms with Crippen LogP contribution >= 0.6 is 11.6 Å². The average molecular weight is 321 g/mol. The summed E-state index contributed by atoms with van der Waals surface area (Å²) in [6.45, 7) is 1.58. The lowest BCUT2D eigenvalue weighted by atomic mass is 10.2. The molecule has 0 N–H and O–H groups in total. The van der Waals surface area contributed by atoms with Crippen molar-refractivity contribution in [3.63, 3.8) is 0 Å². The van der Waals surface area contributed by atoms with Gasteiger partial charge in [0.05, 0.1) is 12.5 Å².